The number of benzene rings is 1. The maximum Gasteiger partial charge on any atom is 0.156 e. The van der Waals surface area contributed by atoms with E-state index in [4.69, 9.17) is 4.42 Å². The Bertz CT molecular complexity index is 803. The van der Waals surface area contributed by atoms with Crippen LogP contribution in [0.3, 0.4) is 0 Å². The molecule has 5 nitrogen and oxygen atoms in total. The third-order valence-electron chi connectivity index (χ3n) is 4.90. The van der Waals surface area contributed by atoms with Crippen LogP contribution in [0.15, 0.2) is 40.9 Å². The van der Waals surface area contributed by atoms with Gasteiger partial charge in [-0.05, 0) is 30.9 Å². The van der Waals surface area contributed by atoms with E-state index < -0.39 is 0 Å². The third kappa shape index (κ3) is 2.97. The highest BCUT2D eigenvalue weighted by molar-refractivity contribution is 5.82. The van der Waals surface area contributed by atoms with E-state index in [1.54, 1.807) is 0 Å². The molecule has 2 unspecified atom stereocenters. The van der Waals surface area contributed by atoms with Crippen LogP contribution in [-0.2, 0) is 13.6 Å². The van der Waals surface area contributed by atoms with E-state index in [2.05, 4.69) is 10.4 Å². The Morgan fingerprint density at radius 2 is 2.21 bits per heavy atom. The van der Waals surface area contributed by atoms with Crippen LogP contribution in [0.1, 0.15) is 24.8 Å². The zero-order valence-electron chi connectivity index (χ0n) is 13.9. The van der Waals surface area contributed by atoms with E-state index in [0.29, 0.717) is 5.92 Å². The smallest absolute Gasteiger partial charge is 0.156 e. The fourth-order valence-corrected chi connectivity index (χ4v) is 3.62. The van der Waals surface area contributed by atoms with Crippen molar-refractivity contribution in [2.45, 2.75) is 31.9 Å². The zero-order chi connectivity index (χ0) is 16.5. The molecule has 0 bridgehead atoms. The van der Waals surface area contributed by atoms with Gasteiger partial charge in [-0.15, -0.1) is 0 Å². The second-order valence-electron chi connectivity index (χ2n) is 6.71. The second-order valence-corrected chi connectivity index (χ2v) is 6.71. The van der Waals surface area contributed by atoms with Crippen molar-refractivity contribution in [2.75, 3.05) is 6.54 Å². The molecule has 0 spiro atoms. The molecule has 1 saturated carbocycles. The first-order valence-corrected chi connectivity index (χ1v) is 8.61. The molecule has 2 heterocycles. The van der Waals surface area contributed by atoms with Crippen molar-refractivity contribution in [1.82, 2.24) is 15.1 Å². The first kappa shape index (κ1) is 15.4. The topological polar surface area (TPSA) is 63.2 Å². The highest BCUT2D eigenvalue weighted by atomic mass is 16.3. The molecule has 0 radical (unpaired) electrons. The number of fused-ring (bicyclic) bond motifs is 1. The maximum atomic E-state index is 9.93. The lowest BCUT2D eigenvalue weighted by atomic mass is 10.1. The predicted molar refractivity (Wildman–Crippen MR) is 93.5 cm³/mol. The number of aliphatic hydroxyl groups excluding tert-OH is 1. The van der Waals surface area contributed by atoms with Gasteiger partial charge in [0.2, 0.25) is 0 Å². The molecule has 126 valence electrons. The molecule has 1 aliphatic rings. The molecule has 2 aromatic heterocycles. The Hall–Kier alpha value is -2.11. The molecule has 1 fully saturated rings. The fourth-order valence-electron chi connectivity index (χ4n) is 3.62. The Morgan fingerprint density at radius 1 is 1.33 bits per heavy atom. The number of aliphatic hydroxyl groups is 1. The third-order valence-corrected chi connectivity index (χ3v) is 4.90. The molecule has 24 heavy (non-hydrogen) atoms. The van der Waals surface area contributed by atoms with Crippen LogP contribution in [0.5, 0.6) is 0 Å². The van der Waals surface area contributed by atoms with Crippen molar-refractivity contribution >= 4 is 11.0 Å². The van der Waals surface area contributed by atoms with Gasteiger partial charge >= 0.3 is 0 Å². The molecule has 3 aromatic rings. The van der Waals surface area contributed by atoms with E-state index in [9.17, 15) is 5.11 Å². The second kappa shape index (κ2) is 6.42. The summed E-state index contributed by atoms with van der Waals surface area (Å²) < 4.78 is 7.78. The molecule has 0 saturated heterocycles. The van der Waals surface area contributed by atoms with Crippen LogP contribution in [0.4, 0.5) is 0 Å². The van der Waals surface area contributed by atoms with Gasteiger partial charge in [0.25, 0.3) is 0 Å². The van der Waals surface area contributed by atoms with E-state index in [-0.39, 0.29) is 6.10 Å². The Kier molecular flexibility index (Phi) is 4.12. The minimum atomic E-state index is -0.152. The van der Waals surface area contributed by atoms with Crippen LogP contribution >= 0.6 is 0 Å². The molecule has 1 aliphatic carbocycles. The van der Waals surface area contributed by atoms with Crippen LogP contribution in [0.25, 0.3) is 22.4 Å². The van der Waals surface area contributed by atoms with Crippen molar-refractivity contribution < 1.29 is 9.52 Å². The van der Waals surface area contributed by atoms with Gasteiger partial charge in [-0.3, -0.25) is 4.68 Å². The highest BCUT2D eigenvalue weighted by Gasteiger charge is 2.24. The largest absolute Gasteiger partial charge is 0.454 e. The summed E-state index contributed by atoms with van der Waals surface area (Å²) in [5, 5.41) is 19.1. The minimum Gasteiger partial charge on any atom is -0.454 e. The van der Waals surface area contributed by atoms with Crippen LogP contribution in [-0.4, -0.2) is 27.5 Å². The Balaban J connectivity index is 1.51. The van der Waals surface area contributed by atoms with Gasteiger partial charge in [-0.1, -0.05) is 24.6 Å². The lowest BCUT2D eigenvalue weighted by Gasteiger charge is -2.14. The Morgan fingerprint density at radius 3 is 3.00 bits per heavy atom. The summed E-state index contributed by atoms with van der Waals surface area (Å²) >= 11 is 0. The summed E-state index contributed by atoms with van der Waals surface area (Å²) in [4.78, 5) is 0. The molecular formula is C19H23N3O2. The minimum absolute atomic E-state index is 0.152. The summed E-state index contributed by atoms with van der Waals surface area (Å²) in [6.45, 7) is 1.57. The van der Waals surface area contributed by atoms with E-state index in [1.165, 1.54) is 0 Å². The molecule has 1 aromatic carbocycles. The molecule has 5 heteroatoms. The quantitative estimate of drug-likeness (QED) is 0.757. The van der Waals surface area contributed by atoms with Crippen LogP contribution in [0, 0.1) is 5.92 Å². The van der Waals surface area contributed by atoms with E-state index >= 15 is 0 Å². The van der Waals surface area contributed by atoms with Gasteiger partial charge in [0.1, 0.15) is 11.3 Å². The average molecular weight is 325 g/mol. The van der Waals surface area contributed by atoms with Gasteiger partial charge in [-0.2, -0.15) is 5.10 Å². The summed E-state index contributed by atoms with van der Waals surface area (Å²) in [5.74, 6) is 1.17. The summed E-state index contributed by atoms with van der Waals surface area (Å²) in [6, 6.07) is 10.0. The number of aryl methyl sites for hydroxylation is 1. The molecule has 0 aliphatic heterocycles. The lowest BCUT2D eigenvalue weighted by Crippen LogP contribution is -2.27. The SMILES string of the molecule is Cn1cc(CNCC2CCCC2O)c(-c2cc3ccccc3o2)n1. The average Bonchev–Trinajstić information content (AvgIpc) is 3.26. The Labute approximate surface area is 141 Å². The zero-order valence-corrected chi connectivity index (χ0v) is 13.9. The number of furan rings is 1. The summed E-state index contributed by atoms with van der Waals surface area (Å²) in [6.07, 6.45) is 5.05. The normalized spacial score (nSPS) is 20.9. The number of nitrogens with one attached hydrogen (secondary N) is 1. The number of rotatable bonds is 5. The van der Waals surface area contributed by atoms with Crippen molar-refractivity contribution in [3.8, 4) is 11.5 Å². The molecule has 4 rings (SSSR count). The highest BCUT2D eigenvalue weighted by Crippen LogP contribution is 2.29. The van der Waals surface area contributed by atoms with Crippen molar-refractivity contribution in [2.24, 2.45) is 13.0 Å². The maximum absolute atomic E-state index is 9.93. The predicted octanol–water partition coefficient (Wildman–Crippen LogP) is 3.08. The lowest BCUT2D eigenvalue weighted by molar-refractivity contribution is 0.131. The molecular weight excluding hydrogens is 302 g/mol. The number of para-hydroxylation sites is 1. The summed E-state index contributed by atoms with van der Waals surface area (Å²) in [7, 11) is 1.93. The number of aromatic nitrogens is 2. The summed E-state index contributed by atoms with van der Waals surface area (Å²) in [5.41, 5.74) is 2.88. The number of hydrogen-bond donors (Lipinski definition) is 2. The van der Waals surface area contributed by atoms with Gasteiger partial charge < -0.3 is 14.8 Å². The van der Waals surface area contributed by atoms with Crippen molar-refractivity contribution in [3.05, 3.63) is 42.1 Å². The van der Waals surface area contributed by atoms with Crippen LogP contribution < -0.4 is 5.32 Å². The number of hydrogen-bond acceptors (Lipinski definition) is 4. The van der Waals surface area contributed by atoms with Crippen molar-refractivity contribution in [3.63, 3.8) is 0 Å². The van der Waals surface area contributed by atoms with Crippen LogP contribution in [0.2, 0.25) is 0 Å². The van der Waals surface area contributed by atoms with Crippen molar-refractivity contribution in [1.29, 1.82) is 0 Å². The van der Waals surface area contributed by atoms with E-state index in [0.717, 1.165) is 60.3 Å². The van der Waals surface area contributed by atoms with Gasteiger partial charge in [0.05, 0.1) is 6.10 Å². The first-order chi connectivity index (χ1) is 11.7. The number of nitrogens with zero attached hydrogens (tertiary/aromatic N) is 2. The molecule has 2 N–H and O–H groups in total. The fraction of sp³-hybridized carbons (Fsp3) is 0.421. The monoisotopic (exact) mass is 325 g/mol. The first-order valence-electron chi connectivity index (χ1n) is 8.61. The molecule has 2 atom stereocenters. The standard InChI is InChI=1S/C19H23N3O2/c1-22-12-15(11-20-10-14-6-4-7-16(14)23)19(21-22)18-9-13-5-2-3-8-17(13)24-18/h2-3,5,8-9,12,14,16,20,23H,4,6-7,10-11H2,1H3. The van der Waals surface area contributed by atoms with E-state index in [1.807, 2.05) is 48.3 Å². The van der Waals surface area contributed by atoms with Gasteiger partial charge in [0.15, 0.2) is 5.76 Å². The van der Waals surface area contributed by atoms with Gasteiger partial charge in [0, 0.05) is 37.3 Å². The molecule has 0 amide bonds. The van der Waals surface area contributed by atoms with Gasteiger partial charge in [-0.25, -0.2) is 0 Å².